The van der Waals surface area contributed by atoms with Crippen LogP contribution in [-0.4, -0.2) is 29.2 Å². The fraction of sp³-hybridized carbons (Fsp3) is 0.375. The molecule has 4 rings (SSSR count). The predicted octanol–water partition coefficient (Wildman–Crippen LogP) is 3.95. The lowest BCUT2D eigenvalue weighted by Gasteiger charge is -2.33. The van der Waals surface area contributed by atoms with Crippen LogP contribution in [0.25, 0.3) is 0 Å². The van der Waals surface area contributed by atoms with Gasteiger partial charge in [0.1, 0.15) is 5.54 Å². The molecule has 1 heterocycles. The number of hydrogen-bond acceptors (Lipinski definition) is 3. The lowest BCUT2D eigenvalue weighted by Crippen LogP contribution is -2.46. The number of rotatable bonds is 3. The standard InChI is InChI=1S/C24H26N2O3/c1-23(2,3)18-12-10-17(11-13-18)20(27)15-26-21(28)24(25-22(26)29)14-6-8-16-7-4-5-9-19(16)24/h4-5,7,9-13H,6,8,14-15H2,1-3H3,(H,25,29). The second-order valence-corrected chi connectivity index (χ2v) is 8.99. The Hall–Kier alpha value is -2.95. The van der Waals surface area contributed by atoms with Crippen LogP contribution >= 0.6 is 0 Å². The number of amides is 3. The van der Waals surface area contributed by atoms with Gasteiger partial charge in [0.05, 0.1) is 6.54 Å². The fourth-order valence-electron chi connectivity index (χ4n) is 4.35. The molecule has 1 fully saturated rings. The molecule has 2 aliphatic rings. The molecule has 1 aliphatic carbocycles. The zero-order chi connectivity index (χ0) is 20.8. The number of Topliss-reactive ketones (excluding diaryl/α,β-unsaturated/α-hetero) is 1. The predicted molar refractivity (Wildman–Crippen MR) is 111 cm³/mol. The zero-order valence-corrected chi connectivity index (χ0v) is 17.1. The maximum atomic E-state index is 13.3. The van der Waals surface area contributed by atoms with Gasteiger partial charge < -0.3 is 5.32 Å². The van der Waals surface area contributed by atoms with Crippen LogP contribution < -0.4 is 5.32 Å². The summed E-state index contributed by atoms with van der Waals surface area (Å²) in [7, 11) is 0. The highest BCUT2D eigenvalue weighted by atomic mass is 16.2. The molecule has 5 heteroatoms. The Labute approximate surface area is 171 Å². The van der Waals surface area contributed by atoms with Gasteiger partial charge in [0.2, 0.25) is 0 Å². The molecule has 29 heavy (non-hydrogen) atoms. The van der Waals surface area contributed by atoms with E-state index in [9.17, 15) is 14.4 Å². The van der Waals surface area contributed by atoms with Crippen molar-refractivity contribution in [2.75, 3.05) is 6.54 Å². The molecule has 5 nitrogen and oxygen atoms in total. The van der Waals surface area contributed by atoms with E-state index in [0.29, 0.717) is 12.0 Å². The van der Waals surface area contributed by atoms with Crippen molar-refractivity contribution in [3.05, 3.63) is 70.8 Å². The molecule has 1 atom stereocenters. The minimum absolute atomic E-state index is 0.00681. The van der Waals surface area contributed by atoms with Crippen LogP contribution in [0.2, 0.25) is 0 Å². The molecular weight excluding hydrogens is 364 g/mol. The van der Waals surface area contributed by atoms with Gasteiger partial charge in [-0.25, -0.2) is 4.79 Å². The van der Waals surface area contributed by atoms with E-state index in [0.717, 1.165) is 34.4 Å². The van der Waals surface area contributed by atoms with E-state index in [-0.39, 0.29) is 23.7 Å². The first-order valence-corrected chi connectivity index (χ1v) is 10.1. The van der Waals surface area contributed by atoms with Crippen molar-refractivity contribution in [2.24, 2.45) is 0 Å². The van der Waals surface area contributed by atoms with Gasteiger partial charge in [-0.05, 0) is 41.4 Å². The Balaban J connectivity index is 1.57. The summed E-state index contributed by atoms with van der Waals surface area (Å²) in [5.41, 5.74) is 2.52. The third-order valence-corrected chi connectivity index (χ3v) is 6.03. The number of benzene rings is 2. The molecular formula is C24H26N2O3. The molecule has 2 aromatic carbocycles. The quantitative estimate of drug-likeness (QED) is 0.637. The maximum absolute atomic E-state index is 13.3. The van der Waals surface area contributed by atoms with E-state index >= 15 is 0 Å². The molecule has 1 spiro atoms. The number of carbonyl (C=O) groups excluding carboxylic acids is 3. The maximum Gasteiger partial charge on any atom is 0.325 e. The Morgan fingerprint density at radius 1 is 1.07 bits per heavy atom. The average Bonchev–Trinajstić information content (AvgIpc) is 2.92. The van der Waals surface area contributed by atoms with E-state index in [4.69, 9.17) is 0 Å². The lowest BCUT2D eigenvalue weighted by molar-refractivity contribution is -0.131. The number of hydrogen-bond donors (Lipinski definition) is 1. The number of urea groups is 1. The highest BCUT2D eigenvalue weighted by molar-refractivity contribution is 6.11. The lowest BCUT2D eigenvalue weighted by atomic mass is 9.76. The van der Waals surface area contributed by atoms with E-state index in [1.807, 2.05) is 36.4 Å². The van der Waals surface area contributed by atoms with Gasteiger partial charge in [-0.3, -0.25) is 14.5 Å². The highest BCUT2D eigenvalue weighted by Gasteiger charge is 2.54. The molecule has 1 N–H and O–H groups in total. The molecule has 3 amide bonds. The molecule has 0 radical (unpaired) electrons. The molecule has 1 aliphatic heterocycles. The van der Waals surface area contributed by atoms with E-state index in [1.54, 1.807) is 12.1 Å². The molecule has 1 unspecified atom stereocenters. The second-order valence-electron chi connectivity index (χ2n) is 8.99. The summed E-state index contributed by atoms with van der Waals surface area (Å²) in [6, 6.07) is 14.6. The summed E-state index contributed by atoms with van der Waals surface area (Å²) in [5, 5.41) is 2.90. The molecule has 2 aromatic rings. The number of carbonyl (C=O) groups is 3. The van der Waals surface area contributed by atoms with Crippen LogP contribution in [0.15, 0.2) is 48.5 Å². The van der Waals surface area contributed by atoms with Gasteiger partial charge in [0.25, 0.3) is 5.91 Å². The van der Waals surface area contributed by atoms with Gasteiger partial charge in [0, 0.05) is 5.56 Å². The van der Waals surface area contributed by atoms with E-state index in [1.165, 1.54) is 0 Å². The average molecular weight is 390 g/mol. The SMILES string of the molecule is CC(C)(C)c1ccc(C(=O)CN2C(=O)NC3(CCCc4ccccc43)C2=O)cc1. The number of imide groups is 1. The summed E-state index contributed by atoms with van der Waals surface area (Å²) in [6.07, 6.45) is 2.26. The van der Waals surface area contributed by atoms with Crippen molar-refractivity contribution >= 4 is 17.7 Å². The van der Waals surface area contributed by atoms with Gasteiger partial charge >= 0.3 is 6.03 Å². The van der Waals surface area contributed by atoms with Gasteiger partial charge in [0.15, 0.2) is 5.78 Å². The van der Waals surface area contributed by atoms with E-state index < -0.39 is 11.6 Å². The molecule has 150 valence electrons. The normalized spacial score (nSPS) is 21.3. The number of fused-ring (bicyclic) bond motifs is 2. The zero-order valence-electron chi connectivity index (χ0n) is 17.1. The van der Waals surface area contributed by atoms with Crippen molar-refractivity contribution in [3.8, 4) is 0 Å². The minimum atomic E-state index is -1.04. The van der Waals surface area contributed by atoms with Gasteiger partial charge in [-0.15, -0.1) is 0 Å². The van der Waals surface area contributed by atoms with Crippen LogP contribution in [-0.2, 0) is 22.2 Å². The highest BCUT2D eigenvalue weighted by Crippen LogP contribution is 2.39. The Morgan fingerprint density at radius 3 is 2.45 bits per heavy atom. The summed E-state index contributed by atoms with van der Waals surface area (Å²) in [6.45, 7) is 6.08. The fourth-order valence-corrected chi connectivity index (χ4v) is 4.35. The number of ketones is 1. The molecule has 0 bridgehead atoms. The summed E-state index contributed by atoms with van der Waals surface area (Å²) in [5.74, 6) is -0.565. The van der Waals surface area contributed by atoms with Crippen LogP contribution in [0.3, 0.4) is 0 Å². The molecule has 1 saturated heterocycles. The molecule has 0 aromatic heterocycles. The topological polar surface area (TPSA) is 66.5 Å². The van der Waals surface area contributed by atoms with Crippen LogP contribution in [0.4, 0.5) is 4.79 Å². The van der Waals surface area contributed by atoms with Crippen LogP contribution in [0.5, 0.6) is 0 Å². The third-order valence-electron chi connectivity index (χ3n) is 6.03. The Morgan fingerprint density at radius 2 is 1.76 bits per heavy atom. The smallest absolute Gasteiger partial charge is 0.319 e. The van der Waals surface area contributed by atoms with Gasteiger partial charge in [-0.2, -0.15) is 0 Å². The number of aryl methyl sites for hydroxylation is 1. The summed E-state index contributed by atoms with van der Waals surface area (Å²) in [4.78, 5) is 39.8. The Kier molecular flexibility index (Phi) is 4.56. The summed E-state index contributed by atoms with van der Waals surface area (Å²) < 4.78 is 0. The minimum Gasteiger partial charge on any atom is -0.319 e. The first-order chi connectivity index (χ1) is 13.7. The van der Waals surface area contributed by atoms with Crippen LogP contribution in [0, 0.1) is 0 Å². The largest absolute Gasteiger partial charge is 0.325 e. The third kappa shape index (κ3) is 3.24. The summed E-state index contributed by atoms with van der Waals surface area (Å²) >= 11 is 0. The van der Waals surface area contributed by atoms with Crippen molar-refractivity contribution in [1.82, 2.24) is 10.2 Å². The molecule has 0 saturated carbocycles. The van der Waals surface area contributed by atoms with Crippen LogP contribution in [0.1, 0.15) is 60.7 Å². The number of nitrogens with zero attached hydrogens (tertiary/aromatic N) is 1. The second kappa shape index (κ2) is 6.83. The van der Waals surface area contributed by atoms with Crippen molar-refractivity contribution in [2.45, 2.75) is 51.0 Å². The van der Waals surface area contributed by atoms with Gasteiger partial charge in [-0.1, -0.05) is 69.3 Å². The van der Waals surface area contributed by atoms with Crippen molar-refractivity contribution in [3.63, 3.8) is 0 Å². The van der Waals surface area contributed by atoms with E-state index in [2.05, 4.69) is 26.1 Å². The first kappa shape index (κ1) is 19.4. The van der Waals surface area contributed by atoms with Crippen molar-refractivity contribution in [1.29, 1.82) is 0 Å². The van der Waals surface area contributed by atoms with Crippen molar-refractivity contribution < 1.29 is 14.4 Å². The Bertz CT molecular complexity index is 988. The first-order valence-electron chi connectivity index (χ1n) is 10.1. The monoisotopic (exact) mass is 390 g/mol. The number of nitrogens with one attached hydrogen (secondary N) is 1.